The van der Waals surface area contributed by atoms with Crippen molar-refractivity contribution in [3.8, 4) is 17.2 Å². The van der Waals surface area contributed by atoms with Crippen LogP contribution in [0.2, 0.25) is 0 Å². The molecule has 2 heterocycles. The SMILES string of the molecule is CO[C@H]1CN(C)C(=O)c2cc(NC(=O)c3ccc4c(c3)OCO4)ccc2OC[C@@H](C)NC[C@H]1C. The maximum Gasteiger partial charge on any atom is 0.257 e. The van der Waals surface area contributed by atoms with Crippen molar-refractivity contribution in [2.24, 2.45) is 5.92 Å². The largest absolute Gasteiger partial charge is 0.491 e. The highest BCUT2D eigenvalue weighted by Crippen LogP contribution is 2.33. The first-order valence-corrected chi connectivity index (χ1v) is 11.3. The maximum absolute atomic E-state index is 13.4. The molecule has 34 heavy (non-hydrogen) atoms. The summed E-state index contributed by atoms with van der Waals surface area (Å²) in [6.07, 6.45) is -0.119. The molecule has 0 saturated heterocycles. The van der Waals surface area contributed by atoms with Crippen molar-refractivity contribution in [1.29, 1.82) is 0 Å². The summed E-state index contributed by atoms with van der Waals surface area (Å²) >= 11 is 0. The van der Waals surface area contributed by atoms with E-state index in [1.54, 1.807) is 55.5 Å². The molecule has 2 amide bonds. The lowest BCUT2D eigenvalue weighted by molar-refractivity contribution is 0.0281. The van der Waals surface area contributed by atoms with Crippen molar-refractivity contribution in [3.05, 3.63) is 47.5 Å². The van der Waals surface area contributed by atoms with Crippen LogP contribution in [0.1, 0.15) is 34.6 Å². The number of anilines is 1. The van der Waals surface area contributed by atoms with Crippen LogP contribution < -0.4 is 24.8 Å². The van der Waals surface area contributed by atoms with Crippen LogP contribution in [0.5, 0.6) is 17.2 Å². The van der Waals surface area contributed by atoms with E-state index in [0.717, 1.165) is 6.54 Å². The number of hydrogen-bond acceptors (Lipinski definition) is 7. The minimum absolute atomic E-state index is 0.0884. The van der Waals surface area contributed by atoms with Gasteiger partial charge in [0.15, 0.2) is 11.5 Å². The Morgan fingerprint density at radius 2 is 1.85 bits per heavy atom. The Kier molecular flexibility index (Phi) is 7.23. The van der Waals surface area contributed by atoms with Gasteiger partial charge in [0.25, 0.3) is 11.8 Å². The molecule has 2 N–H and O–H groups in total. The molecule has 0 fully saturated rings. The Bertz CT molecular complexity index is 1060. The fraction of sp³-hybridized carbons (Fsp3) is 0.440. The number of nitrogens with one attached hydrogen (secondary N) is 2. The fourth-order valence-electron chi connectivity index (χ4n) is 3.98. The van der Waals surface area contributed by atoms with E-state index in [-0.39, 0.29) is 36.7 Å². The van der Waals surface area contributed by atoms with Crippen molar-refractivity contribution < 1.29 is 28.5 Å². The van der Waals surface area contributed by atoms with Crippen LogP contribution >= 0.6 is 0 Å². The first-order valence-electron chi connectivity index (χ1n) is 11.3. The minimum Gasteiger partial charge on any atom is -0.491 e. The monoisotopic (exact) mass is 469 g/mol. The fourth-order valence-corrected chi connectivity index (χ4v) is 3.98. The van der Waals surface area contributed by atoms with Gasteiger partial charge >= 0.3 is 0 Å². The molecule has 2 aromatic rings. The molecule has 9 nitrogen and oxygen atoms in total. The minimum atomic E-state index is -0.320. The first kappa shape index (κ1) is 23.8. The number of amides is 2. The molecule has 182 valence electrons. The van der Waals surface area contributed by atoms with Crippen molar-refractivity contribution in [2.75, 3.05) is 46.0 Å². The van der Waals surface area contributed by atoms with Crippen molar-refractivity contribution in [3.63, 3.8) is 0 Å². The van der Waals surface area contributed by atoms with Crippen LogP contribution in [0.4, 0.5) is 5.69 Å². The van der Waals surface area contributed by atoms with E-state index >= 15 is 0 Å². The van der Waals surface area contributed by atoms with E-state index in [1.165, 1.54) is 0 Å². The number of carbonyl (C=O) groups excluding carboxylic acids is 2. The number of carbonyl (C=O) groups is 2. The number of ether oxygens (including phenoxy) is 4. The quantitative estimate of drug-likeness (QED) is 0.713. The van der Waals surface area contributed by atoms with Crippen LogP contribution in [-0.2, 0) is 4.74 Å². The van der Waals surface area contributed by atoms with Crippen molar-refractivity contribution >= 4 is 17.5 Å². The molecule has 2 aromatic carbocycles. The van der Waals surface area contributed by atoms with Gasteiger partial charge in [0.2, 0.25) is 6.79 Å². The standard InChI is InChI=1S/C25H31N3O6/c1-15-11-26-16(2)13-32-20-8-6-18(10-19(20)25(30)28(3)12-23(15)31-4)27-24(29)17-5-7-21-22(9-17)34-14-33-21/h5-10,15-16,23,26H,11-14H2,1-4H3,(H,27,29)/t15-,16-,23+/m1/s1. The number of rotatable bonds is 3. The van der Waals surface area contributed by atoms with Crippen LogP contribution in [0.25, 0.3) is 0 Å². The van der Waals surface area contributed by atoms with Gasteiger partial charge in [-0.3, -0.25) is 9.59 Å². The van der Waals surface area contributed by atoms with Crippen LogP contribution in [0.3, 0.4) is 0 Å². The number of benzene rings is 2. The van der Waals surface area contributed by atoms with E-state index in [9.17, 15) is 9.59 Å². The maximum atomic E-state index is 13.4. The third-order valence-corrected chi connectivity index (χ3v) is 6.12. The lowest BCUT2D eigenvalue weighted by Gasteiger charge is -2.30. The molecule has 0 aromatic heterocycles. The lowest BCUT2D eigenvalue weighted by Crippen LogP contribution is -2.44. The van der Waals surface area contributed by atoms with E-state index < -0.39 is 0 Å². The van der Waals surface area contributed by atoms with Gasteiger partial charge in [-0.15, -0.1) is 0 Å². The summed E-state index contributed by atoms with van der Waals surface area (Å²) in [6.45, 7) is 5.85. The van der Waals surface area contributed by atoms with Gasteiger partial charge < -0.3 is 34.5 Å². The number of nitrogens with zero attached hydrogens (tertiary/aromatic N) is 1. The Hall–Kier alpha value is -3.30. The highest BCUT2D eigenvalue weighted by atomic mass is 16.7. The third-order valence-electron chi connectivity index (χ3n) is 6.12. The number of likely N-dealkylation sites (N-methyl/N-ethyl adjacent to an activating group) is 1. The van der Waals surface area contributed by atoms with E-state index in [0.29, 0.717) is 47.2 Å². The molecule has 0 aliphatic carbocycles. The zero-order valence-electron chi connectivity index (χ0n) is 19.9. The predicted molar refractivity (Wildman–Crippen MR) is 127 cm³/mol. The van der Waals surface area contributed by atoms with Gasteiger partial charge in [-0.1, -0.05) is 6.92 Å². The molecule has 3 atom stereocenters. The van der Waals surface area contributed by atoms with E-state index in [4.69, 9.17) is 18.9 Å². The summed E-state index contributed by atoms with van der Waals surface area (Å²) in [5, 5.41) is 6.32. The average Bonchev–Trinajstić information content (AvgIpc) is 3.31. The summed E-state index contributed by atoms with van der Waals surface area (Å²) in [5.41, 5.74) is 1.29. The second kappa shape index (κ2) is 10.3. The lowest BCUT2D eigenvalue weighted by atomic mass is 10.0. The molecular weight excluding hydrogens is 438 g/mol. The summed E-state index contributed by atoms with van der Waals surface area (Å²) in [5.74, 6) is 1.28. The van der Waals surface area contributed by atoms with E-state index in [1.807, 2.05) is 6.92 Å². The molecule has 0 radical (unpaired) electrons. The molecule has 0 saturated carbocycles. The summed E-state index contributed by atoms with van der Waals surface area (Å²) in [4.78, 5) is 27.8. The Morgan fingerprint density at radius 3 is 2.65 bits per heavy atom. The topological polar surface area (TPSA) is 98.4 Å². The zero-order valence-corrected chi connectivity index (χ0v) is 19.9. The van der Waals surface area contributed by atoms with Gasteiger partial charge in [0, 0.05) is 44.5 Å². The second-order valence-electron chi connectivity index (χ2n) is 8.79. The van der Waals surface area contributed by atoms with Gasteiger partial charge in [-0.05, 0) is 49.2 Å². The van der Waals surface area contributed by atoms with Crippen LogP contribution in [0.15, 0.2) is 36.4 Å². The van der Waals surface area contributed by atoms with Gasteiger partial charge in [-0.25, -0.2) is 0 Å². The number of fused-ring (bicyclic) bond motifs is 2. The zero-order chi connectivity index (χ0) is 24.2. The average molecular weight is 470 g/mol. The van der Waals surface area contributed by atoms with Crippen LogP contribution in [-0.4, -0.2) is 69.5 Å². The number of methoxy groups -OCH3 is 1. The Morgan fingerprint density at radius 1 is 1.09 bits per heavy atom. The molecule has 0 spiro atoms. The van der Waals surface area contributed by atoms with Crippen LogP contribution in [0, 0.1) is 5.92 Å². The van der Waals surface area contributed by atoms with Crippen molar-refractivity contribution in [2.45, 2.75) is 26.0 Å². The molecule has 0 bridgehead atoms. The Labute approximate surface area is 199 Å². The summed E-state index contributed by atoms with van der Waals surface area (Å²) in [7, 11) is 3.40. The normalized spacial score (nSPS) is 22.8. The molecule has 0 unspecified atom stereocenters. The first-order chi connectivity index (χ1) is 16.4. The summed E-state index contributed by atoms with van der Waals surface area (Å²) < 4.78 is 22.3. The molecule has 9 heteroatoms. The third kappa shape index (κ3) is 5.26. The van der Waals surface area contributed by atoms with Gasteiger partial charge in [-0.2, -0.15) is 0 Å². The molecule has 4 rings (SSSR count). The second-order valence-corrected chi connectivity index (χ2v) is 8.79. The molecule has 2 aliphatic heterocycles. The molecular formula is C25H31N3O6. The smallest absolute Gasteiger partial charge is 0.257 e. The van der Waals surface area contributed by atoms with Gasteiger partial charge in [0.05, 0.1) is 11.7 Å². The summed E-state index contributed by atoms with van der Waals surface area (Å²) in [6, 6.07) is 10.2. The highest BCUT2D eigenvalue weighted by molar-refractivity contribution is 6.06. The highest BCUT2D eigenvalue weighted by Gasteiger charge is 2.26. The number of hydrogen-bond donors (Lipinski definition) is 2. The van der Waals surface area contributed by atoms with E-state index in [2.05, 4.69) is 17.6 Å². The van der Waals surface area contributed by atoms with Gasteiger partial charge in [0.1, 0.15) is 12.4 Å². The molecule has 2 aliphatic rings. The Balaban J connectivity index is 1.58. The van der Waals surface area contributed by atoms with Crippen molar-refractivity contribution in [1.82, 2.24) is 10.2 Å². The predicted octanol–water partition coefficient (Wildman–Crippen LogP) is 2.76.